The van der Waals surface area contributed by atoms with Gasteiger partial charge in [-0.05, 0) is 79.6 Å². The van der Waals surface area contributed by atoms with Crippen molar-refractivity contribution in [2.24, 2.45) is 23.2 Å². The molecule has 7 atom stereocenters. The number of benzene rings is 2. The summed E-state index contributed by atoms with van der Waals surface area (Å²) in [6, 6.07) is 21.5. The van der Waals surface area contributed by atoms with Crippen molar-refractivity contribution in [2.45, 2.75) is 68.4 Å². The van der Waals surface area contributed by atoms with Crippen LogP contribution in [-0.4, -0.2) is 48.1 Å². The lowest BCUT2D eigenvalue weighted by Gasteiger charge is -2.60. The zero-order valence-electron chi connectivity index (χ0n) is 25.4. The Morgan fingerprint density at radius 3 is 2.61 bits per heavy atom. The van der Waals surface area contributed by atoms with E-state index in [0.29, 0.717) is 41.8 Å². The second-order valence-electron chi connectivity index (χ2n) is 13.2. The average molecular weight is 611 g/mol. The topological polar surface area (TPSA) is 104 Å². The predicted molar refractivity (Wildman–Crippen MR) is 173 cm³/mol. The molecule has 8 nitrogen and oxygen atoms in total. The van der Waals surface area contributed by atoms with Crippen LogP contribution in [-0.2, 0) is 16.0 Å². The number of nitriles is 1. The lowest BCUT2D eigenvalue weighted by Crippen LogP contribution is -2.60. The Bertz CT molecular complexity index is 1470. The second kappa shape index (κ2) is 13.1. The number of hydrogen-bond acceptors (Lipinski definition) is 9. The molecule has 2 heterocycles. The van der Waals surface area contributed by atoms with E-state index in [9.17, 15) is 5.26 Å². The lowest BCUT2D eigenvalue weighted by atomic mass is 9.48. The minimum Gasteiger partial charge on any atom is -0.368 e. The molecule has 230 valence electrons. The van der Waals surface area contributed by atoms with Crippen molar-refractivity contribution >= 4 is 23.5 Å². The normalized spacial score (nSPS) is 30.5. The first-order valence-corrected chi connectivity index (χ1v) is 17.3. The number of thioether (sulfide) groups is 1. The van der Waals surface area contributed by atoms with Crippen molar-refractivity contribution in [3.63, 3.8) is 0 Å². The first-order valence-electron chi connectivity index (χ1n) is 16.0. The number of nitrogens with zero attached hydrogens (tertiary/aromatic N) is 3. The highest BCUT2D eigenvalue weighted by molar-refractivity contribution is 7.98. The molecule has 3 N–H and O–H groups in total. The minimum atomic E-state index is -0.272. The first kappa shape index (κ1) is 29.5. The molecule has 4 saturated carbocycles. The monoisotopic (exact) mass is 610 g/mol. The van der Waals surface area contributed by atoms with Crippen LogP contribution in [0.25, 0.3) is 0 Å². The molecule has 0 amide bonds. The summed E-state index contributed by atoms with van der Waals surface area (Å²) in [4.78, 5) is 10.4. The predicted octanol–water partition coefficient (Wildman–Crippen LogP) is 6.38. The van der Waals surface area contributed by atoms with Gasteiger partial charge in [-0.3, -0.25) is 0 Å². The number of ether oxygens (including phenoxy) is 2. The summed E-state index contributed by atoms with van der Waals surface area (Å²) in [6.07, 6.45) is 10.9. The summed E-state index contributed by atoms with van der Waals surface area (Å²) < 4.78 is 12.3. The Balaban J connectivity index is 0.964. The van der Waals surface area contributed by atoms with Crippen LogP contribution in [0.15, 0.2) is 65.7 Å². The van der Waals surface area contributed by atoms with Gasteiger partial charge < -0.3 is 25.4 Å². The van der Waals surface area contributed by atoms with Crippen LogP contribution in [0.5, 0.6) is 0 Å². The van der Waals surface area contributed by atoms with Gasteiger partial charge in [0.25, 0.3) is 0 Å². The Hall–Kier alpha value is -3.16. The van der Waals surface area contributed by atoms with E-state index in [0.717, 1.165) is 37.6 Å². The molecule has 1 aromatic heterocycles. The van der Waals surface area contributed by atoms with E-state index in [2.05, 4.69) is 69.7 Å². The maximum Gasteiger partial charge on any atom is 0.224 e. The van der Waals surface area contributed by atoms with Gasteiger partial charge in [-0.2, -0.15) is 10.2 Å². The molecule has 4 bridgehead atoms. The summed E-state index contributed by atoms with van der Waals surface area (Å²) >= 11 is 1.73. The molecule has 1 saturated heterocycles. The molecule has 5 fully saturated rings. The Morgan fingerprint density at radius 2 is 1.82 bits per heavy atom. The highest BCUT2D eigenvalue weighted by Gasteiger charge is 2.55. The average Bonchev–Trinajstić information content (AvgIpc) is 3.06. The number of nitrogens with one attached hydrogen (secondary N) is 3. The molecule has 1 aliphatic heterocycles. The van der Waals surface area contributed by atoms with Gasteiger partial charge in [0.05, 0.1) is 18.9 Å². The molecule has 8 rings (SSSR count). The van der Waals surface area contributed by atoms with Gasteiger partial charge in [-0.25, -0.2) is 4.98 Å². The van der Waals surface area contributed by atoms with Crippen LogP contribution in [0.3, 0.4) is 0 Å². The van der Waals surface area contributed by atoms with Crippen molar-refractivity contribution in [1.29, 1.82) is 5.26 Å². The van der Waals surface area contributed by atoms with Gasteiger partial charge in [0, 0.05) is 36.1 Å². The van der Waals surface area contributed by atoms with Crippen molar-refractivity contribution in [1.82, 2.24) is 15.3 Å². The van der Waals surface area contributed by atoms with Gasteiger partial charge >= 0.3 is 0 Å². The largest absolute Gasteiger partial charge is 0.368 e. The van der Waals surface area contributed by atoms with Gasteiger partial charge in [-0.1, -0.05) is 48.5 Å². The zero-order chi connectivity index (χ0) is 29.9. The Morgan fingerprint density at radius 1 is 1.02 bits per heavy atom. The first-order chi connectivity index (χ1) is 21.6. The molecule has 5 aliphatic rings. The minimum absolute atomic E-state index is 0.168. The SMILES string of the molecule is CSc1ccccc1CNc1ncc(C#N)c(NC[C@]23CC4CC(C2)[C@@H](NCC2CCOC(c5ccccc5)O2)[C@@H](C4)C3)n1. The van der Waals surface area contributed by atoms with Crippen LogP contribution in [0.2, 0.25) is 0 Å². The third-order valence-electron chi connectivity index (χ3n) is 10.2. The maximum atomic E-state index is 9.81. The standard InChI is InChI=1S/C35H42N6O2S/c1-44-30-10-6-5-9-25(30)19-38-34-39-20-28(18-36)32(41-34)40-22-35-15-23-13-26(16-35)31(27(14-23)17-35)37-21-29-11-12-42-33(43-29)24-7-3-2-4-8-24/h2-10,20,23,26-27,29,31,33,37H,11-17,19,21-22H2,1H3,(H2,38,39,40,41)/t23?,26-,27?,29?,31-,33?,35-/m0/s1. The number of aromatic nitrogens is 2. The maximum absolute atomic E-state index is 9.81. The van der Waals surface area contributed by atoms with E-state index in [1.807, 2.05) is 18.2 Å². The fourth-order valence-electron chi connectivity index (χ4n) is 8.51. The molecule has 0 radical (unpaired) electrons. The molecule has 0 spiro atoms. The fraction of sp³-hybridized carbons (Fsp3) is 0.514. The molecule has 2 aromatic carbocycles. The quantitative estimate of drug-likeness (QED) is 0.213. The Kier molecular flexibility index (Phi) is 8.77. The molecule has 4 unspecified atom stereocenters. The van der Waals surface area contributed by atoms with Crippen LogP contribution in [0.4, 0.5) is 11.8 Å². The van der Waals surface area contributed by atoms with E-state index < -0.39 is 0 Å². The summed E-state index contributed by atoms with van der Waals surface area (Å²) in [5.74, 6) is 3.34. The number of rotatable bonds is 11. The van der Waals surface area contributed by atoms with Gasteiger partial charge in [0.15, 0.2) is 6.29 Å². The molecular formula is C35H42N6O2S. The van der Waals surface area contributed by atoms with Crippen LogP contribution in [0, 0.1) is 34.5 Å². The van der Waals surface area contributed by atoms with Gasteiger partial charge in [0.1, 0.15) is 17.5 Å². The third-order valence-corrected chi connectivity index (χ3v) is 11.1. The fourth-order valence-corrected chi connectivity index (χ4v) is 9.13. The summed E-state index contributed by atoms with van der Waals surface area (Å²) in [6.45, 7) is 3.10. The van der Waals surface area contributed by atoms with Crippen LogP contribution in [0.1, 0.15) is 61.5 Å². The summed E-state index contributed by atoms with van der Waals surface area (Å²) in [7, 11) is 0. The van der Waals surface area contributed by atoms with Crippen molar-refractivity contribution < 1.29 is 9.47 Å². The number of anilines is 2. The lowest BCUT2D eigenvalue weighted by molar-refractivity contribution is -0.216. The highest BCUT2D eigenvalue weighted by Crippen LogP contribution is 2.60. The van der Waals surface area contributed by atoms with Gasteiger partial charge in [0.2, 0.25) is 5.95 Å². The molecule has 4 aliphatic carbocycles. The third kappa shape index (κ3) is 6.32. The van der Waals surface area contributed by atoms with E-state index >= 15 is 0 Å². The Labute approximate surface area is 264 Å². The zero-order valence-corrected chi connectivity index (χ0v) is 26.2. The van der Waals surface area contributed by atoms with Gasteiger partial charge in [-0.15, -0.1) is 11.8 Å². The van der Waals surface area contributed by atoms with Crippen molar-refractivity contribution in [3.8, 4) is 6.07 Å². The summed E-state index contributed by atoms with van der Waals surface area (Å²) in [5.41, 5.74) is 3.05. The van der Waals surface area contributed by atoms with E-state index in [1.165, 1.54) is 42.6 Å². The molecule has 44 heavy (non-hydrogen) atoms. The summed E-state index contributed by atoms with van der Waals surface area (Å²) in [5, 5.41) is 20.8. The second-order valence-corrected chi connectivity index (χ2v) is 14.0. The van der Waals surface area contributed by atoms with Crippen molar-refractivity contribution in [3.05, 3.63) is 77.5 Å². The van der Waals surface area contributed by atoms with Crippen LogP contribution < -0.4 is 16.0 Å². The van der Waals surface area contributed by atoms with E-state index in [-0.39, 0.29) is 17.8 Å². The molecule has 9 heteroatoms. The molecule has 3 aromatic rings. The van der Waals surface area contributed by atoms with E-state index in [4.69, 9.17) is 14.5 Å². The number of hydrogen-bond donors (Lipinski definition) is 3. The highest BCUT2D eigenvalue weighted by atomic mass is 32.2. The smallest absolute Gasteiger partial charge is 0.224 e. The van der Waals surface area contributed by atoms with Crippen LogP contribution >= 0.6 is 11.8 Å². The van der Waals surface area contributed by atoms with E-state index in [1.54, 1.807) is 18.0 Å². The molecular weight excluding hydrogens is 568 g/mol. The van der Waals surface area contributed by atoms with Crippen molar-refractivity contribution in [2.75, 3.05) is 36.6 Å².